The number of hydrogen-bond donors (Lipinski definition) is 3. The lowest BCUT2D eigenvalue weighted by Gasteiger charge is -2.46. The van der Waals surface area contributed by atoms with E-state index < -0.39 is 6.04 Å². The summed E-state index contributed by atoms with van der Waals surface area (Å²) in [6, 6.07) is 4.50. The number of nitrogen functional groups attached to an aromatic ring is 1. The van der Waals surface area contributed by atoms with Gasteiger partial charge in [0.2, 0.25) is 11.8 Å². The van der Waals surface area contributed by atoms with Crippen LogP contribution in [0.4, 0.5) is 5.13 Å². The van der Waals surface area contributed by atoms with Crippen molar-refractivity contribution in [1.29, 1.82) is 0 Å². The van der Waals surface area contributed by atoms with Gasteiger partial charge in [-0.15, -0.1) is 11.3 Å². The number of hydrogen-bond acceptors (Lipinski definition) is 7. The van der Waals surface area contributed by atoms with Gasteiger partial charge in [0.05, 0.1) is 5.69 Å². The van der Waals surface area contributed by atoms with Gasteiger partial charge >= 0.3 is 0 Å². The largest absolute Gasteiger partial charge is 0.483 e. The summed E-state index contributed by atoms with van der Waals surface area (Å²) in [7, 11) is 0. The highest BCUT2D eigenvalue weighted by Gasteiger charge is 2.44. The molecule has 2 amide bonds. The predicted octanol–water partition coefficient (Wildman–Crippen LogP) is 0.453. The molecule has 4 heterocycles. The van der Waals surface area contributed by atoms with Gasteiger partial charge in [0.15, 0.2) is 5.13 Å². The van der Waals surface area contributed by atoms with Crippen molar-refractivity contribution in [2.45, 2.75) is 31.7 Å². The van der Waals surface area contributed by atoms with E-state index in [0.717, 1.165) is 17.8 Å². The zero-order valence-electron chi connectivity index (χ0n) is 17.1. The number of rotatable bonds is 4. The van der Waals surface area contributed by atoms with Crippen molar-refractivity contribution in [2.24, 2.45) is 5.92 Å². The number of piperidine rings is 1. The molecule has 10 nitrogen and oxygen atoms in total. The second-order valence-electron chi connectivity index (χ2n) is 7.54. The number of carboxylic acid groups (broad SMARTS) is 1. The second-order valence-corrected chi connectivity index (χ2v) is 8.43. The lowest BCUT2D eigenvalue weighted by Crippen LogP contribution is -2.54. The van der Waals surface area contributed by atoms with Gasteiger partial charge in [-0.2, -0.15) is 0 Å². The average molecular weight is 448 g/mol. The smallest absolute Gasteiger partial charge is 0.290 e. The fourth-order valence-corrected chi connectivity index (χ4v) is 4.98. The first-order valence-electron chi connectivity index (χ1n) is 9.88. The Hall–Kier alpha value is -3.21. The van der Waals surface area contributed by atoms with E-state index in [4.69, 9.17) is 15.6 Å². The van der Waals surface area contributed by atoms with Gasteiger partial charge < -0.3 is 21.1 Å². The summed E-state index contributed by atoms with van der Waals surface area (Å²) in [6.45, 7) is 2.80. The third-order valence-electron chi connectivity index (χ3n) is 5.61. The first-order valence-corrected chi connectivity index (χ1v) is 10.8. The number of likely N-dealkylation sites (tertiary alicyclic amines) is 1. The molecule has 2 aromatic rings. The predicted molar refractivity (Wildman–Crippen MR) is 115 cm³/mol. The molecule has 2 aliphatic heterocycles. The quantitative estimate of drug-likeness (QED) is 0.577. The molecule has 0 saturated carbocycles. The molecule has 1 saturated heterocycles. The molecule has 0 unspecified atom stereocenters. The number of nitrogens with two attached hydrogens (primary N) is 1. The number of nitrogens with one attached hydrogen (secondary N) is 1. The zero-order valence-corrected chi connectivity index (χ0v) is 17.9. The van der Waals surface area contributed by atoms with Crippen LogP contribution < -0.4 is 16.6 Å². The number of amides is 2. The molecule has 4 rings (SSSR count). The number of fused-ring (bicyclic) bond motifs is 4. The summed E-state index contributed by atoms with van der Waals surface area (Å²) in [4.78, 5) is 52.0. The van der Waals surface area contributed by atoms with E-state index in [-0.39, 0.29) is 35.7 Å². The number of aromatic nitrogens is 2. The van der Waals surface area contributed by atoms with Gasteiger partial charge in [-0.3, -0.25) is 23.7 Å². The Balaban J connectivity index is 0.000000858. The van der Waals surface area contributed by atoms with Crippen molar-refractivity contribution >= 4 is 34.8 Å². The van der Waals surface area contributed by atoms with E-state index in [1.165, 1.54) is 17.4 Å². The van der Waals surface area contributed by atoms with Gasteiger partial charge in [0.1, 0.15) is 6.04 Å². The summed E-state index contributed by atoms with van der Waals surface area (Å²) in [5, 5.41) is 12.2. The Morgan fingerprint density at radius 1 is 1.39 bits per heavy atom. The van der Waals surface area contributed by atoms with Crippen LogP contribution in [0.3, 0.4) is 0 Å². The highest BCUT2D eigenvalue weighted by molar-refractivity contribution is 7.13. The van der Waals surface area contributed by atoms with E-state index in [2.05, 4.69) is 10.3 Å². The minimum Gasteiger partial charge on any atom is -0.483 e. The molecule has 3 atom stereocenters. The Morgan fingerprint density at radius 3 is 2.77 bits per heavy atom. The molecular formula is C20H25N5O5S. The Labute approximate surface area is 182 Å². The number of anilines is 1. The molecule has 1 fully saturated rings. The topological polar surface area (TPSA) is 148 Å². The molecule has 0 radical (unpaired) electrons. The molecule has 2 aliphatic rings. The molecule has 166 valence electrons. The molecule has 31 heavy (non-hydrogen) atoms. The maximum Gasteiger partial charge on any atom is 0.290 e. The van der Waals surface area contributed by atoms with Crippen LogP contribution in [0.1, 0.15) is 36.7 Å². The van der Waals surface area contributed by atoms with Gasteiger partial charge in [-0.05, 0) is 12.5 Å². The SMILES string of the molecule is CC(=O)N1C[C@H]2C[C@@H](C1)[C@H](C(=O)NCCc1csc(N)n1)n1c2cccc1=O.O=CO. The van der Waals surface area contributed by atoms with Crippen molar-refractivity contribution in [1.82, 2.24) is 19.8 Å². The monoisotopic (exact) mass is 447 g/mol. The van der Waals surface area contributed by atoms with Crippen LogP contribution in [-0.4, -0.2) is 57.5 Å². The maximum atomic E-state index is 13.1. The molecule has 4 N–H and O–H groups in total. The van der Waals surface area contributed by atoms with Gasteiger partial charge in [0, 0.05) is 62.0 Å². The summed E-state index contributed by atoms with van der Waals surface area (Å²) in [5.74, 6) is -0.183. The first kappa shape index (κ1) is 22.5. The number of pyridine rings is 1. The molecule has 0 aromatic carbocycles. The van der Waals surface area contributed by atoms with E-state index in [9.17, 15) is 14.4 Å². The molecule has 0 aliphatic carbocycles. The molecular weight excluding hydrogens is 422 g/mol. The van der Waals surface area contributed by atoms with E-state index >= 15 is 0 Å². The fourth-order valence-electron chi connectivity index (χ4n) is 4.38. The van der Waals surface area contributed by atoms with Crippen molar-refractivity contribution in [2.75, 3.05) is 25.4 Å². The van der Waals surface area contributed by atoms with Crippen molar-refractivity contribution in [3.63, 3.8) is 0 Å². The van der Waals surface area contributed by atoms with Crippen LogP contribution in [0, 0.1) is 5.92 Å². The van der Waals surface area contributed by atoms with Crippen LogP contribution in [0.5, 0.6) is 0 Å². The summed E-state index contributed by atoms with van der Waals surface area (Å²) in [5.41, 5.74) is 7.14. The third-order valence-corrected chi connectivity index (χ3v) is 6.33. The Morgan fingerprint density at radius 2 is 2.13 bits per heavy atom. The summed E-state index contributed by atoms with van der Waals surface area (Å²) < 4.78 is 1.63. The third kappa shape index (κ3) is 4.93. The van der Waals surface area contributed by atoms with Gasteiger partial charge in [-0.1, -0.05) is 6.07 Å². The maximum absolute atomic E-state index is 13.1. The van der Waals surface area contributed by atoms with E-state index in [1.54, 1.807) is 22.5 Å². The minimum absolute atomic E-state index is 0.00158. The molecule has 2 bridgehead atoms. The van der Waals surface area contributed by atoms with Crippen molar-refractivity contribution < 1.29 is 19.5 Å². The van der Waals surface area contributed by atoms with Gasteiger partial charge in [0.25, 0.3) is 12.0 Å². The Bertz CT molecular complexity index is 1020. The van der Waals surface area contributed by atoms with E-state index in [1.807, 2.05) is 11.4 Å². The fraction of sp³-hybridized carbons (Fsp3) is 0.450. The van der Waals surface area contributed by atoms with Crippen LogP contribution in [0.15, 0.2) is 28.4 Å². The van der Waals surface area contributed by atoms with Crippen molar-refractivity contribution in [3.8, 4) is 0 Å². The number of carbonyl (C=O) groups excluding carboxylic acids is 2. The Kier molecular flexibility index (Phi) is 7.06. The molecule has 11 heteroatoms. The van der Waals surface area contributed by atoms with Crippen LogP contribution in [-0.2, 0) is 20.8 Å². The lowest BCUT2D eigenvalue weighted by molar-refractivity contribution is -0.135. The van der Waals surface area contributed by atoms with Crippen LogP contribution >= 0.6 is 11.3 Å². The van der Waals surface area contributed by atoms with Crippen LogP contribution in [0.25, 0.3) is 0 Å². The number of nitrogens with zero attached hydrogens (tertiary/aromatic N) is 3. The molecule has 0 spiro atoms. The highest BCUT2D eigenvalue weighted by Crippen LogP contribution is 2.41. The number of carbonyl (C=O) groups is 3. The van der Waals surface area contributed by atoms with Gasteiger partial charge in [-0.25, -0.2) is 4.98 Å². The normalized spacial score (nSPS) is 21.3. The lowest BCUT2D eigenvalue weighted by atomic mass is 9.78. The standard InChI is InChI=1S/C19H23N5O3S.CH2O2/c1-11(25)23-8-12-7-13(9-23)17(24-15(12)3-2-4-16(24)26)18(27)21-6-5-14-10-28-19(20)22-14;2-1-3/h2-4,10,12-13,17H,5-9H2,1H3,(H2,20,22)(H,21,27);1H,(H,2,3)/t12-,13+,17-;/m1./s1. The second kappa shape index (κ2) is 9.73. The molecule has 2 aromatic heterocycles. The summed E-state index contributed by atoms with van der Waals surface area (Å²) in [6.07, 6.45) is 1.38. The average Bonchev–Trinajstić information content (AvgIpc) is 3.14. The minimum atomic E-state index is -0.609. The zero-order chi connectivity index (χ0) is 22.5. The first-order chi connectivity index (χ1) is 14.8. The highest BCUT2D eigenvalue weighted by atomic mass is 32.1. The van der Waals surface area contributed by atoms with Crippen molar-refractivity contribution in [3.05, 3.63) is 45.3 Å². The van der Waals surface area contributed by atoms with Crippen LogP contribution in [0.2, 0.25) is 0 Å². The number of thiazole rings is 1. The summed E-state index contributed by atoms with van der Waals surface area (Å²) >= 11 is 1.37. The van der Waals surface area contributed by atoms with E-state index in [0.29, 0.717) is 31.2 Å².